The van der Waals surface area contributed by atoms with Crippen LogP contribution in [0.3, 0.4) is 0 Å². The van der Waals surface area contributed by atoms with Gasteiger partial charge in [0, 0.05) is 26.7 Å². The van der Waals surface area contributed by atoms with Gasteiger partial charge in [-0.2, -0.15) is 0 Å². The molecule has 0 unspecified atom stereocenters. The molecule has 114 valence electrons. The fraction of sp³-hybridized carbons (Fsp3) is 0.438. The van der Waals surface area contributed by atoms with Crippen molar-refractivity contribution >= 4 is 39.6 Å². The van der Waals surface area contributed by atoms with Crippen LogP contribution in [0.4, 0.5) is 4.79 Å². The quantitative estimate of drug-likeness (QED) is 0.758. The van der Waals surface area contributed by atoms with Gasteiger partial charge >= 0.3 is 6.09 Å². The van der Waals surface area contributed by atoms with Crippen molar-refractivity contribution in [1.29, 1.82) is 0 Å². The molecule has 0 spiro atoms. The third kappa shape index (κ3) is 4.62. The van der Waals surface area contributed by atoms with Crippen molar-refractivity contribution in [3.05, 3.63) is 33.5 Å². The molecule has 0 saturated carbocycles. The Morgan fingerprint density at radius 3 is 2.81 bits per heavy atom. The van der Waals surface area contributed by atoms with E-state index in [2.05, 4.69) is 51.1 Å². The maximum Gasteiger partial charge on any atom is 0.407 e. The minimum Gasteiger partial charge on any atom is -0.444 e. The van der Waals surface area contributed by atoms with Crippen LogP contribution in [0, 0.1) is 3.57 Å². The van der Waals surface area contributed by atoms with Crippen molar-refractivity contribution < 1.29 is 9.53 Å². The number of halogens is 1. The van der Waals surface area contributed by atoms with Crippen LogP contribution in [0.15, 0.2) is 24.4 Å². The topological polar surface area (TPSA) is 54.1 Å². The molecule has 21 heavy (non-hydrogen) atoms. The number of aromatic nitrogens is 1. The van der Waals surface area contributed by atoms with Gasteiger partial charge in [0.15, 0.2) is 0 Å². The van der Waals surface area contributed by atoms with E-state index in [0.717, 1.165) is 11.9 Å². The number of alkyl carbamates (subject to hydrolysis) is 1. The van der Waals surface area contributed by atoms with Crippen LogP contribution in [-0.2, 0) is 11.2 Å². The van der Waals surface area contributed by atoms with Crippen LogP contribution in [0.1, 0.15) is 33.3 Å². The Labute approximate surface area is 138 Å². The molecule has 0 radical (unpaired) electrons. The molecule has 0 aliphatic heterocycles. The minimum atomic E-state index is -0.471. The highest BCUT2D eigenvalue weighted by Gasteiger charge is 2.18. The number of nitrogens with one attached hydrogen (secondary N) is 2. The molecule has 1 atom stereocenters. The highest BCUT2D eigenvalue weighted by Crippen LogP contribution is 2.21. The number of rotatable bonds is 3. The van der Waals surface area contributed by atoms with E-state index >= 15 is 0 Å². The number of benzene rings is 1. The Morgan fingerprint density at radius 1 is 1.43 bits per heavy atom. The van der Waals surface area contributed by atoms with Gasteiger partial charge in [0.05, 0.1) is 0 Å². The largest absolute Gasteiger partial charge is 0.444 e. The number of carbonyl (C=O) groups is 1. The summed E-state index contributed by atoms with van der Waals surface area (Å²) in [7, 11) is 0. The summed E-state index contributed by atoms with van der Waals surface area (Å²) in [5.41, 5.74) is 1.85. The van der Waals surface area contributed by atoms with Gasteiger partial charge in [-0.25, -0.2) is 4.79 Å². The van der Waals surface area contributed by atoms with Crippen molar-refractivity contribution in [3.63, 3.8) is 0 Å². The van der Waals surface area contributed by atoms with Crippen molar-refractivity contribution in [2.45, 2.75) is 45.8 Å². The Bertz CT molecular complexity index is 643. The van der Waals surface area contributed by atoms with Gasteiger partial charge in [0.1, 0.15) is 5.60 Å². The molecule has 1 aromatic heterocycles. The smallest absolute Gasteiger partial charge is 0.407 e. The van der Waals surface area contributed by atoms with Crippen molar-refractivity contribution in [3.8, 4) is 0 Å². The molecule has 0 bridgehead atoms. The number of ether oxygens (including phenoxy) is 1. The van der Waals surface area contributed by atoms with Crippen LogP contribution in [-0.4, -0.2) is 22.7 Å². The summed E-state index contributed by atoms with van der Waals surface area (Å²) >= 11 is 2.30. The van der Waals surface area contributed by atoms with Gasteiger partial charge in [0.2, 0.25) is 0 Å². The zero-order valence-electron chi connectivity index (χ0n) is 12.8. The fourth-order valence-electron chi connectivity index (χ4n) is 2.22. The molecule has 1 heterocycles. The lowest BCUT2D eigenvalue weighted by molar-refractivity contribution is 0.0508. The summed E-state index contributed by atoms with van der Waals surface area (Å²) in [6.45, 7) is 7.56. The number of carbonyl (C=O) groups excluding carboxylic acids is 1. The lowest BCUT2D eigenvalue weighted by atomic mass is 10.1. The van der Waals surface area contributed by atoms with Gasteiger partial charge in [-0.3, -0.25) is 0 Å². The molecule has 0 saturated heterocycles. The first-order valence-corrected chi connectivity index (χ1v) is 8.07. The molecular weight excluding hydrogens is 379 g/mol. The summed E-state index contributed by atoms with van der Waals surface area (Å²) in [4.78, 5) is 15.0. The maximum atomic E-state index is 11.8. The minimum absolute atomic E-state index is 0.0122. The van der Waals surface area contributed by atoms with Gasteiger partial charge in [0.25, 0.3) is 0 Å². The maximum absolute atomic E-state index is 11.8. The zero-order valence-corrected chi connectivity index (χ0v) is 14.9. The lowest BCUT2D eigenvalue weighted by Crippen LogP contribution is -2.38. The Morgan fingerprint density at radius 2 is 2.14 bits per heavy atom. The van der Waals surface area contributed by atoms with Crippen LogP contribution in [0.2, 0.25) is 0 Å². The molecule has 2 rings (SSSR count). The van der Waals surface area contributed by atoms with Crippen molar-refractivity contribution in [2.24, 2.45) is 0 Å². The summed E-state index contributed by atoms with van der Waals surface area (Å²) in [6, 6.07) is 6.33. The van der Waals surface area contributed by atoms with E-state index < -0.39 is 5.60 Å². The normalized spacial score (nSPS) is 13.2. The molecule has 0 fully saturated rings. The molecule has 2 aromatic rings. The third-order valence-electron chi connectivity index (χ3n) is 3.02. The predicted molar refractivity (Wildman–Crippen MR) is 93.6 cm³/mol. The second-order valence-corrected chi connectivity index (χ2v) is 7.50. The highest BCUT2D eigenvalue weighted by atomic mass is 127. The molecule has 4 nitrogen and oxygen atoms in total. The van der Waals surface area contributed by atoms with Crippen LogP contribution < -0.4 is 5.32 Å². The average molecular weight is 400 g/mol. The standard InChI is InChI=1S/C16H21IN2O2/c1-10(19-15(20)21-16(2,3)4)7-11-9-18-14-8-12(17)5-6-13(11)14/h5-6,8-10,18H,7H2,1-4H3,(H,19,20)/t10-/m1/s1. The Balaban J connectivity index is 2.01. The van der Waals surface area contributed by atoms with Crippen LogP contribution >= 0.6 is 22.6 Å². The second-order valence-electron chi connectivity index (χ2n) is 6.26. The van der Waals surface area contributed by atoms with E-state index in [1.165, 1.54) is 14.5 Å². The van der Waals surface area contributed by atoms with E-state index in [1.54, 1.807) is 0 Å². The van der Waals surface area contributed by atoms with E-state index in [-0.39, 0.29) is 12.1 Å². The third-order valence-corrected chi connectivity index (χ3v) is 3.69. The van der Waals surface area contributed by atoms with E-state index in [9.17, 15) is 4.79 Å². The van der Waals surface area contributed by atoms with E-state index in [1.807, 2.05) is 33.9 Å². The molecular formula is C16H21IN2O2. The summed E-state index contributed by atoms with van der Waals surface area (Å²) in [5.74, 6) is 0. The fourth-order valence-corrected chi connectivity index (χ4v) is 2.71. The first-order valence-electron chi connectivity index (χ1n) is 6.99. The number of hydrogen-bond donors (Lipinski definition) is 2. The SMILES string of the molecule is C[C@H](Cc1c[nH]c2cc(I)ccc12)NC(=O)OC(C)(C)C. The zero-order chi connectivity index (χ0) is 15.6. The van der Waals surface area contributed by atoms with E-state index in [4.69, 9.17) is 4.74 Å². The first-order chi connectivity index (χ1) is 9.74. The van der Waals surface area contributed by atoms with Crippen LogP contribution in [0.25, 0.3) is 10.9 Å². The van der Waals surface area contributed by atoms with Crippen LogP contribution in [0.5, 0.6) is 0 Å². The van der Waals surface area contributed by atoms with E-state index in [0.29, 0.717) is 0 Å². The molecule has 2 N–H and O–H groups in total. The molecule has 0 aliphatic rings. The van der Waals surface area contributed by atoms with Crippen molar-refractivity contribution in [2.75, 3.05) is 0 Å². The highest BCUT2D eigenvalue weighted by molar-refractivity contribution is 14.1. The van der Waals surface area contributed by atoms with Gasteiger partial charge in [-0.1, -0.05) is 6.07 Å². The second kappa shape index (κ2) is 6.25. The number of hydrogen-bond acceptors (Lipinski definition) is 2. The molecule has 1 amide bonds. The number of fused-ring (bicyclic) bond motifs is 1. The number of amides is 1. The van der Waals surface area contributed by atoms with Gasteiger partial charge in [-0.15, -0.1) is 0 Å². The lowest BCUT2D eigenvalue weighted by Gasteiger charge is -2.21. The first kappa shape index (κ1) is 16.1. The number of aromatic amines is 1. The van der Waals surface area contributed by atoms with Crippen molar-refractivity contribution in [1.82, 2.24) is 10.3 Å². The molecule has 0 aliphatic carbocycles. The Hall–Kier alpha value is -1.24. The summed E-state index contributed by atoms with van der Waals surface area (Å²) in [5, 5.41) is 4.08. The van der Waals surface area contributed by atoms with Gasteiger partial charge in [-0.05, 0) is 74.4 Å². The average Bonchev–Trinajstić information content (AvgIpc) is 2.68. The number of H-pyrrole nitrogens is 1. The predicted octanol–water partition coefficient (Wildman–Crippen LogP) is 4.23. The molecule has 1 aromatic carbocycles. The summed E-state index contributed by atoms with van der Waals surface area (Å²) < 4.78 is 6.47. The van der Waals surface area contributed by atoms with Gasteiger partial charge < -0.3 is 15.0 Å². The monoisotopic (exact) mass is 400 g/mol. The molecule has 5 heteroatoms. The summed E-state index contributed by atoms with van der Waals surface area (Å²) in [6.07, 6.45) is 2.40. The Kier molecular flexibility index (Phi) is 4.81.